The predicted octanol–water partition coefficient (Wildman–Crippen LogP) is 3.10. The molecule has 4 heterocycles. The number of hydrogen-bond donors (Lipinski definition) is 3. The van der Waals surface area contributed by atoms with Crippen molar-refractivity contribution in [2.75, 3.05) is 13.2 Å². The Balaban J connectivity index is 0.000000166. The van der Waals surface area contributed by atoms with Crippen LogP contribution in [0.3, 0.4) is 0 Å². The fourth-order valence-electron chi connectivity index (χ4n) is 5.24. The average molecular weight is 601 g/mol. The van der Waals surface area contributed by atoms with Gasteiger partial charge in [-0.15, -0.1) is 0 Å². The van der Waals surface area contributed by atoms with Gasteiger partial charge in [0.15, 0.2) is 0 Å². The lowest BCUT2D eigenvalue weighted by atomic mass is 9.83. The van der Waals surface area contributed by atoms with Crippen molar-refractivity contribution >= 4 is 39.6 Å². The minimum atomic E-state index is -1.11. The number of aliphatic hydroxyl groups excluding tert-OH is 3. The van der Waals surface area contributed by atoms with Crippen molar-refractivity contribution in [2.24, 2.45) is 21.8 Å². The molecule has 0 radical (unpaired) electrons. The standard InChI is InChI=1S/C17H21NO3S.C13H15NO4S/c1-10-11(2)15-17(21-14(10)9-20-12(3)19)22-16(18-15)13-7-5-4-6-8-13;15-6-8-10(16)11(17)9-13(18-8)19-12(14-9)7-4-2-1-3-5-7/h4-8,10-11,14-15,17H,9H2,1-3H3;1-5,8-11,13,15-17H,6H2/t10-,11-,14+,15?,17?;8-,9?,10-,11-,13?/m01/s1. The van der Waals surface area contributed by atoms with Crippen molar-refractivity contribution < 1.29 is 34.3 Å². The molecule has 2 fully saturated rings. The van der Waals surface area contributed by atoms with Gasteiger partial charge < -0.3 is 29.5 Å². The molecule has 4 aliphatic heterocycles. The molecule has 3 N–H and O–H groups in total. The number of hydrogen-bond acceptors (Lipinski definition) is 11. The third-order valence-electron chi connectivity index (χ3n) is 7.87. The number of nitrogens with zero attached hydrogens (tertiary/aromatic N) is 2. The molecule has 0 saturated carbocycles. The molecular weight excluding hydrogens is 564 g/mol. The van der Waals surface area contributed by atoms with Gasteiger partial charge >= 0.3 is 5.97 Å². The lowest BCUT2D eigenvalue weighted by Gasteiger charge is -2.40. The SMILES string of the molecule is CC(=O)OC[C@H]1OC2SC(c3ccccc3)=NC2[C@@H](C)[C@@H]1C.OC[C@H]1OC2SC(c3ccccc3)=NC2[C@@H](O)[C@@H]1O. The van der Waals surface area contributed by atoms with Gasteiger partial charge in [0.05, 0.1) is 18.8 Å². The van der Waals surface area contributed by atoms with Gasteiger partial charge in [0.2, 0.25) is 0 Å². The van der Waals surface area contributed by atoms with Crippen LogP contribution in [0.5, 0.6) is 0 Å². The van der Waals surface area contributed by atoms with E-state index in [9.17, 15) is 15.0 Å². The third-order valence-corrected chi connectivity index (χ3v) is 10.2. The summed E-state index contributed by atoms with van der Waals surface area (Å²) < 4.78 is 16.9. The maximum Gasteiger partial charge on any atom is 0.302 e. The smallest absolute Gasteiger partial charge is 0.302 e. The van der Waals surface area contributed by atoms with Crippen LogP contribution in [0.25, 0.3) is 0 Å². The molecule has 11 heteroatoms. The summed E-state index contributed by atoms with van der Waals surface area (Å²) in [5.41, 5.74) is 1.77. The number of fused-ring (bicyclic) bond motifs is 2. The largest absolute Gasteiger partial charge is 0.463 e. The molecule has 0 bridgehead atoms. The van der Waals surface area contributed by atoms with Crippen LogP contribution >= 0.6 is 23.5 Å². The topological polar surface area (TPSA) is 130 Å². The molecule has 220 valence electrons. The molecule has 4 unspecified atom stereocenters. The van der Waals surface area contributed by atoms with Crippen LogP contribution in [-0.4, -0.2) is 92.0 Å². The molecule has 2 aromatic carbocycles. The first-order chi connectivity index (χ1) is 19.8. The number of carbonyl (C=O) groups excluding carboxylic acids is 1. The minimum absolute atomic E-state index is 0.0157. The lowest BCUT2D eigenvalue weighted by molar-refractivity contribution is -0.164. The zero-order valence-electron chi connectivity index (χ0n) is 23.1. The second-order valence-corrected chi connectivity index (χ2v) is 12.8. The quantitative estimate of drug-likeness (QED) is 0.443. The van der Waals surface area contributed by atoms with Crippen molar-refractivity contribution in [1.29, 1.82) is 0 Å². The normalized spacial score (nSPS) is 35.8. The van der Waals surface area contributed by atoms with E-state index in [2.05, 4.69) is 31.0 Å². The van der Waals surface area contributed by atoms with Gasteiger partial charge in [0, 0.05) is 18.1 Å². The Bertz CT molecular complexity index is 1250. The molecule has 10 atom stereocenters. The van der Waals surface area contributed by atoms with Gasteiger partial charge in [0.1, 0.15) is 51.9 Å². The Morgan fingerprint density at radius 1 is 0.805 bits per heavy atom. The highest BCUT2D eigenvalue weighted by molar-refractivity contribution is 8.15. The second-order valence-electron chi connectivity index (χ2n) is 10.6. The minimum Gasteiger partial charge on any atom is -0.463 e. The molecule has 0 aliphatic carbocycles. The summed E-state index contributed by atoms with van der Waals surface area (Å²) >= 11 is 3.10. The summed E-state index contributed by atoms with van der Waals surface area (Å²) in [7, 11) is 0. The molecular formula is C30H36N2O7S2. The molecule has 4 aliphatic rings. The predicted molar refractivity (Wildman–Crippen MR) is 160 cm³/mol. The van der Waals surface area contributed by atoms with Gasteiger partial charge in [0.25, 0.3) is 0 Å². The molecule has 41 heavy (non-hydrogen) atoms. The first-order valence-corrected chi connectivity index (χ1v) is 15.5. The number of carbonyl (C=O) groups is 1. The number of rotatable bonds is 5. The molecule has 2 saturated heterocycles. The van der Waals surface area contributed by atoms with Crippen LogP contribution < -0.4 is 0 Å². The van der Waals surface area contributed by atoms with Crippen LogP contribution in [0.4, 0.5) is 0 Å². The van der Waals surface area contributed by atoms with Crippen molar-refractivity contribution in [3.8, 4) is 0 Å². The number of benzene rings is 2. The Morgan fingerprint density at radius 2 is 1.32 bits per heavy atom. The zero-order valence-corrected chi connectivity index (χ0v) is 24.8. The average Bonchev–Trinajstić information content (AvgIpc) is 3.62. The van der Waals surface area contributed by atoms with E-state index in [1.165, 1.54) is 18.7 Å². The van der Waals surface area contributed by atoms with E-state index in [0.29, 0.717) is 18.4 Å². The fourth-order valence-corrected chi connectivity index (χ4v) is 7.80. The number of aliphatic hydroxyl groups is 3. The van der Waals surface area contributed by atoms with Crippen LogP contribution in [0, 0.1) is 11.8 Å². The Labute approximate surface area is 248 Å². The Hall–Kier alpha value is -2.25. The van der Waals surface area contributed by atoms with Crippen LogP contribution in [-0.2, 0) is 19.0 Å². The summed E-state index contributed by atoms with van der Waals surface area (Å²) in [4.78, 5) is 20.4. The zero-order chi connectivity index (χ0) is 29.1. The Morgan fingerprint density at radius 3 is 1.85 bits per heavy atom. The third kappa shape index (κ3) is 6.72. The van der Waals surface area contributed by atoms with E-state index in [0.717, 1.165) is 21.2 Å². The highest BCUT2D eigenvalue weighted by Gasteiger charge is 2.48. The summed E-state index contributed by atoms with van der Waals surface area (Å²) in [6.45, 7) is 5.80. The summed E-state index contributed by atoms with van der Waals surface area (Å²) in [6, 6.07) is 19.5. The fraction of sp³-hybridized carbons (Fsp3) is 0.500. The van der Waals surface area contributed by atoms with Gasteiger partial charge in [-0.25, -0.2) is 0 Å². The van der Waals surface area contributed by atoms with E-state index < -0.39 is 24.4 Å². The maximum absolute atomic E-state index is 11.0. The summed E-state index contributed by atoms with van der Waals surface area (Å²) in [5, 5.41) is 30.9. The molecule has 6 rings (SSSR count). The highest BCUT2D eigenvalue weighted by atomic mass is 32.2. The van der Waals surface area contributed by atoms with Crippen molar-refractivity contribution in [3.63, 3.8) is 0 Å². The molecule has 0 aromatic heterocycles. The van der Waals surface area contributed by atoms with Crippen molar-refractivity contribution in [3.05, 3.63) is 71.8 Å². The van der Waals surface area contributed by atoms with Crippen LogP contribution in [0.1, 0.15) is 31.9 Å². The highest BCUT2D eigenvalue weighted by Crippen LogP contribution is 2.43. The molecule has 0 spiro atoms. The number of aliphatic imine (C=N–C) groups is 2. The van der Waals surface area contributed by atoms with Crippen LogP contribution in [0.2, 0.25) is 0 Å². The van der Waals surface area contributed by atoms with Gasteiger partial charge in [-0.1, -0.05) is 98.0 Å². The van der Waals surface area contributed by atoms with E-state index in [-0.39, 0.29) is 35.6 Å². The molecule has 0 amide bonds. The van der Waals surface area contributed by atoms with Crippen molar-refractivity contribution in [2.45, 2.75) is 68.1 Å². The number of thioether (sulfide) groups is 2. The maximum atomic E-state index is 11.0. The van der Waals surface area contributed by atoms with Crippen LogP contribution in [0.15, 0.2) is 70.6 Å². The summed E-state index contributed by atoms with van der Waals surface area (Å²) in [5.74, 6) is 0.443. The lowest BCUT2D eigenvalue weighted by Crippen LogP contribution is -2.55. The number of esters is 1. The molecule has 9 nitrogen and oxygen atoms in total. The molecule has 2 aromatic rings. The van der Waals surface area contributed by atoms with Gasteiger partial charge in [-0.2, -0.15) is 0 Å². The monoisotopic (exact) mass is 600 g/mol. The summed E-state index contributed by atoms with van der Waals surface area (Å²) in [6.07, 6.45) is -2.93. The van der Waals surface area contributed by atoms with E-state index in [4.69, 9.17) is 24.3 Å². The van der Waals surface area contributed by atoms with E-state index in [1.807, 2.05) is 48.5 Å². The van der Waals surface area contributed by atoms with Crippen molar-refractivity contribution in [1.82, 2.24) is 0 Å². The van der Waals surface area contributed by atoms with E-state index in [1.54, 1.807) is 11.8 Å². The van der Waals surface area contributed by atoms with Gasteiger partial charge in [-0.3, -0.25) is 14.8 Å². The first-order valence-electron chi connectivity index (χ1n) is 13.8. The first kappa shape index (κ1) is 30.2. The van der Waals surface area contributed by atoms with Gasteiger partial charge in [-0.05, 0) is 11.8 Å². The second kappa shape index (κ2) is 13.4. The number of ether oxygens (including phenoxy) is 3. The van der Waals surface area contributed by atoms with E-state index >= 15 is 0 Å². The Kier molecular flexibility index (Phi) is 9.85.